The van der Waals surface area contributed by atoms with Crippen molar-refractivity contribution in [3.8, 4) is 28.4 Å². The molecule has 0 fully saturated rings. The first-order valence-corrected chi connectivity index (χ1v) is 15.3. The quantitative estimate of drug-likeness (QED) is 0.0712. The Labute approximate surface area is 277 Å². The van der Waals surface area contributed by atoms with Gasteiger partial charge in [0.1, 0.15) is 5.69 Å². The number of amides is 1. The van der Waals surface area contributed by atoms with Crippen molar-refractivity contribution >= 4 is 82.8 Å². The summed E-state index contributed by atoms with van der Waals surface area (Å²) in [6, 6.07) is 23.0. The molecule has 0 spiro atoms. The Balaban J connectivity index is 1.42. The van der Waals surface area contributed by atoms with Crippen LogP contribution in [-0.2, 0) is 4.79 Å². The molecule has 5 aromatic rings. The first-order chi connectivity index (χ1) is 21.2. The summed E-state index contributed by atoms with van der Waals surface area (Å²) in [5, 5.41) is 5.05. The summed E-state index contributed by atoms with van der Waals surface area (Å²) < 4.78 is 18.0. The van der Waals surface area contributed by atoms with Crippen LogP contribution in [0.5, 0.6) is 17.2 Å². The van der Waals surface area contributed by atoms with E-state index in [4.69, 9.17) is 14.2 Å². The highest BCUT2D eigenvalue weighted by molar-refractivity contribution is 9.11. The smallest absolute Gasteiger partial charge is 0.343 e. The van der Waals surface area contributed by atoms with Crippen LogP contribution in [0.25, 0.3) is 22.0 Å². The predicted octanol–water partition coefficient (Wildman–Crippen LogP) is 8.04. The number of hydrogen-bond acceptors (Lipinski definition) is 7. The molecule has 1 aromatic heterocycles. The Morgan fingerprint density at radius 2 is 1.64 bits per heavy atom. The van der Waals surface area contributed by atoms with Crippen molar-refractivity contribution in [2.45, 2.75) is 6.92 Å². The number of nitrogens with zero attached hydrogens (tertiary/aromatic N) is 1. The Morgan fingerprint density at radius 3 is 2.36 bits per heavy atom. The molecular formula is C32H22Br3N3O6. The normalized spacial score (nSPS) is 11.0. The minimum Gasteiger partial charge on any atom is -0.493 e. The molecule has 0 aliphatic carbocycles. The molecule has 0 aliphatic heterocycles. The molecule has 0 unspecified atom stereocenters. The second-order valence-electron chi connectivity index (χ2n) is 9.26. The van der Waals surface area contributed by atoms with Gasteiger partial charge in [0.05, 0.1) is 28.9 Å². The summed E-state index contributed by atoms with van der Waals surface area (Å²) >= 11 is 10.4. The van der Waals surface area contributed by atoms with Crippen LogP contribution in [0.3, 0.4) is 0 Å². The molecule has 12 heteroatoms. The molecule has 0 bridgehead atoms. The lowest BCUT2D eigenvalue weighted by Crippen LogP contribution is -2.19. The molecule has 1 heterocycles. The van der Waals surface area contributed by atoms with Gasteiger partial charge in [-0.15, -0.1) is 0 Å². The third-order valence-corrected chi connectivity index (χ3v) is 8.03. The highest BCUT2D eigenvalue weighted by Gasteiger charge is 2.21. The lowest BCUT2D eigenvalue weighted by molar-refractivity contribution is -0.132. The van der Waals surface area contributed by atoms with Crippen molar-refractivity contribution < 1.29 is 28.6 Å². The van der Waals surface area contributed by atoms with Gasteiger partial charge in [0, 0.05) is 32.4 Å². The van der Waals surface area contributed by atoms with E-state index in [2.05, 4.69) is 63.3 Å². The van der Waals surface area contributed by atoms with E-state index >= 15 is 0 Å². The van der Waals surface area contributed by atoms with E-state index < -0.39 is 17.8 Å². The number of hydrazone groups is 1. The molecule has 1 amide bonds. The number of aromatic nitrogens is 1. The number of aromatic amines is 1. The Bertz CT molecular complexity index is 1940. The number of nitrogens with one attached hydrogen (secondary N) is 2. The second-order valence-corrected chi connectivity index (χ2v) is 11.9. The van der Waals surface area contributed by atoms with Crippen LogP contribution >= 0.6 is 47.8 Å². The van der Waals surface area contributed by atoms with Crippen LogP contribution in [0.1, 0.15) is 33.3 Å². The highest BCUT2D eigenvalue weighted by atomic mass is 79.9. The van der Waals surface area contributed by atoms with Crippen molar-refractivity contribution in [1.82, 2.24) is 10.4 Å². The maximum Gasteiger partial charge on any atom is 0.343 e. The minimum absolute atomic E-state index is 0.155. The standard InChI is InChI=1S/C32H22Br3N3O6/c1-17(39)43-25-12-11-19(14-26(25)42-2)32(41)44-30-20(13-21(33)15-24(30)35)16-36-38-31(40)29-27(18-7-4-3-5-8-18)22-9-6-10-23(34)28(22)37-29/h3-16,37H,1-2H3,(H,38,40). The van der Waals surface area contributed by atoms with Crippen molar-refractivity contribution in [2.24, 2.45) is 5.10 Å². The Hall–Kier alpha value is -4.26. The average molecular weight is 784 g/mol. The molecule has 4 aromatic carbocycles. The van der Waals surface area contributed by atoms with Crippen LogP contribution < -0.4 is 19.6 Å². The van der Waals surface area contributed by atoms with Crippen LogP contribution in [-0.4, -0.2) is 36.2 Å². The van der Waals surface area contributed by atoms with E-state index in [1.165, 1.54) is 38.4 Å². The monoisotopic (exact) mass is 781 g/mol. The molecule has 9 nitrogen and oxygen atoms in total. The summed E-state index contributed by atoms with van der Waals surface area (Å²) in [6.07, 6.45) is 1.38. The Kier molecular flexibility index (Phi) is 9.62. The number of carbonyl (C=O) groups excluding carboxylic acids is 3. The SMILES string of the molecule is COc1cc(C(=O)Oc2c(Br)cc(Br)cc2C=NNC(=O)c2[nH]c3c(Br)cccc3c2-c2ccccc2)ccc1OC(C)=O. The third kappa shape index (κ3) is 6.77. The first-order valence-electron chi connectivity index (χ1n) is 12.9. The van der Waals surface area contributed by atoms with Gasteiger partial charge >= 0.3 is 11.9 Å². The van der Waals surface area contributed by atoms with E-state index in [1.54, 1.807) is 12.1 Å². The van der Waals surface area contributed by atoms with Crippen molar-refractivity contribution in [2.75, 3.05) is 7.11 Å². The summed E-state index contributed by atoms with van der Waals surface area (Å²) in [7, 11) is 1.39. The lowest BCUT2D eigenvalue weighted by Gasteiger charge is -2.12. The second kappa shape index (κ2) is 13.6. The van der Waals surface area contributed by atoms with Crippen LogP contribution in [0, 0.1) is 0 Å². The number of benzene rings is 4. The third-order valence-electron chi connectivity index (χ3n) is 6.33. The topological polar surface area (TPSA) is 119 Å². The number of fused-ring (bicyclic) bond motifs is 1. The minimum atomic E-state index is -0.699. The van der Waals surface area contributed by atoms with Gasteiger partial charge in [-0.05, 0) is 73.8 Å². The lowest BCUT2D eigenvalue weighted by atomic mass is 10.0. The van der Waals surface area contributed by atoms with E-state index in [0.717, 1.165) is 26.5 Å². The molecule has 2 N–H and O–H groups in total. The maximum absolute atomic E-state index is 13.4. The zero-order chi connectivity index (χ0) is 31.4. The molecule has 0 saturated carbocycles. The van der Waals surface area contributed by atoms with Gasteiger partial charge in [0.25, 0.3) is 5.91 Å². The van der Waals surface area contributed by atoms with Gasteiger partial charge < -0.3 is 19.2 Å². The highest BCUT2D eigenvalue weighted by Crippen LogP contribution is 2.36. The number of hydrogen-bond donors (Lipinski definition) is 2. The summed E-state index contributed by atoms with van der Waals surface area (Å²) in [5.41, 5.74) is 5.86. The number of carbonyl (C=O) groups is 3. The van der Waals surface area contributed by atoms with Gasteiger partial charge in [0.2, 0.25) is 0 Å². The van der Waals surface area contributed by atoms with Crippen molar-refractivity contribution in [3.63, 3.8) is 0 Å². The molecule has 44 heavy (non-hydrogen) atoms. The fraction of sp³-hybridized carbons (Fsp3) is 0.0625. The number of ether oxygens (including phenoxy) is 3. The van der Waals surface area contributed by atoms with Crippen LogP contribution in [0.4, 0.5) is 0 Å². The number of methoxy groups -OCH3 is 1. The maximum atomic E-state index is 13.4. The van der Waals surface area contributed by atoms with Crippen LogP contribution in [0.2, 0.25) is 0 Å². The molecule has 5 rings (SSSR count). The molecular weight excluding hydrogens is 762 g/mol. The van der Waals surface area contributed by atoms with E-state index in [0.29, 0.717) is 20.2 Å². The molecule has 0 saturated heterocycles. The summed E-state index contributed by atoms with van der Waals surface area (Å²) in [5.74, 6) is -1.16. The molecule has 0 atom stereocenters. The fourth-order valence-corrected chi connectivity index (χ4v) is 6.25. The van der Waals surface area contributed by atoms with Gasteiger partial charge in [-0.1, -0.05) is 58.4 Å². The molecule has 0 radical (unpaired) electrons. The van der Waals surface area contributed by atoms with Gasteiger partial charge in [-0.3, -0.25) is 9.59 Å². The number of H-pyrrole nitrogens is 1. The van der Waals surface area contributed by atoms with E-state index in [1.807, 2.05) is 48.5 Å². The largest absolute Gasteiger partial charge is 0.493 e. The predicted molar refractivity (Wildman–Crippen MR) is 178 cm³/mol. The Morgan fingerprint density at radius 1 is 0.864 bits per heavy atom. The van der Waals surface area contributed by atoms with E-state index in [9.17, 15) is 14.4 Å². The van der Waals surface area contributed by atoms with Crippen molar-refractivity contribution in [1.29, 1.82) is 0 Å². The van der Waals surface area contributed by atoms with Crippen molar-refractivity contribution in [3.05, 3.63) is 109 Å². The summed E-state index contributed by atoms with van der Waals surface area (Å²) in [4.78, 5) is 41.1. The number of para-hydroxylation sites is 1. The van der Waals surface area contributed by atoms with Gasteiger partial charge in [-0.25, -0.2) is 10.2 Å². The van der Waals surface area contributed by atoms with Crippen LogP contribution in [0.15, 0.2) is 97.4 Å². The zero-order valence-electron chi connectivity index (χ0n) is 23.1. The average Bonchev–Trinajstić information content (AvgIpc) is 3.40. The zero-order valence-corrected chi connectivity index (χ0v) is 27.9. The van der Waals surface area contributed by atoms with Gasteiger partial charge in [0.15, 0.2) is 17.2 Å². The van der Waals surface area contributed by atoms with Gasteiger partial charge in [-0.2, -0.15) is 5.10 Å². The van der Waals surface area contributed by atoms with E-state index in [-0.39, 0.29) is 22.8 Å². The molecule has 0 aliphatic rings. The number of halogens is 3. The summed E-state index contributed by atoms with van der Waals surface area (Å²) in [6.45, 7) is 1.26. The number of rotatable bonds is 8. The first kappa shape index (κ1) is 31.2. The number of esters is 2. The molecule has 222 valence electrons. The fourth-order valence-electron chi connectivity index (χ4n) is 4.44.